The second-order valence-corrected chi connectivity index (χ2v) is 4.21. The van der Waals surface area contributed by atoms with Gasteiger partial charge in [0.1, 0.15) is 5.75 Å². The first-order valence-electron chi connectivity index (χ1n) is 6.09. The molecule has 1 heterocycles. The van der Waals surface area contributed by atoms with E-state index < -0.39 is 5.97 Å². The van der Waals surface area contributed by atoms with Crippen molar-refractivity contribution in [3.63, 3.8) is 0 Å². The van der Waals surface area contributed by atoms with Gasteiger partial charge < -0.3 is 14.8 Å². The number of aromatic nitrogens is 2. The second kappa shape index (κ2) is 5.56. The minimum atomic E-state index is -0.881. The molecule has 2 aromatic rings. The molecule has 0 spiro atoms. The van der Waals surface area contributed by atoms with E-state index in [1.165, 1.54) is 6.33 Å². The van der Waals surface area contributed by atoms with Gasteiger partial charge in [-0.25, -0.2) is 4.98 Å². The molecule has 0 aliphatic carbocycles. The molecule has 0 unspecified atom stereocenters. The van der Waals surface area contributed by atoms with Crippen molar-refractivity contribution in [2.75, 3.05) is 6.61 Å². The number of nitrogens with one attached hydrogen (secondary N) is 1. The number of imidazole rings is 1. The van der Waals surface area contributed by atoms with Crippen LogP contribution in [0.15, 0.2) is 24.5 Å². The molecule has 5 nitrogen and oxygen atoms in total. The Morgan fingerprint density at radius 1 is 1.47 bits per heavy atom. The number of hydrogen-bond donors (Lipinski definition) is 2. The Morgan fingerprint density at radius 2 is 2.26 bits per heavy atom. The van der Waals surface area contributed by atoms with E-state index in [4.69, 9.17) is 9.84 Å². The third-order valence-electron chi connectivity index (χ3n) is 2.79. The Balaban J connectivity index is 2.34. The van der Waals surface area contributed by atoms with Gasteiger partial charge in [0.05, 0.1) is 30.7 Å². The van der Waals surface area contributed by atoms with Gasteiger partial charge >= 0.3 is 5.97 Å². The molecule has 5 heteroatoms. The van der Waals surface area contributed by atoms with Crippen molar-refractivity contribution < 1.29 is 14.6 Å². The topological polar surface area (TPSA) is 75.2 Å². The summed E-state index contributed by atoms with van der Waals surface area (Å²) in [5, 5.41) is 8.86. The van der Waals surface area contributed by atoms with Crippen LogP contribution in [0.4, 0.5) is 0 Å². The number of H-pyrrole nitrogens is 1. The predicted molar refractivity (Wildman–Crippen MR) is 71.3 cm³/mol. The van der Waals surface area contributed by atoms with E-state index in [9.17, 15) is 4.79 Å². The number of carbonyl (C=O) groups is 1. The van der Waals surface area contributed by atoms with Crippen molar-refractivity contribution in [1.29, 1.82) is 0 Å². The summed E-state index contributed by atoms with van der Waals surface area (Å²) in [6, 6.07) is 5.72. The van der Waals surface area contributed by atoms with Gasteiger partial charge in [0.15, 0.2) is 0 Å². The summed E-state index contributed by atoms with van der Waals surface area (Å²) in [6.45, 7) is 4.51. The average Bonchev–Trinajstić information content (AvgIpc) is 2.79. The molecule has 19 heavy (non-hydrogen) atoms. The number of aryl methyl sites for hydroxylation is 1. The smallest absolute Gasteiger partial charge is 0.309 e. The van der Waals surface area contributed by atoms with Gasteiger partial charge in [-0.15, -0.1) is 0 Å². The third-order valence-corrected chi connectivity index (χ3v) is 2.79. The van der Waals surface area contributed by atoms with Gasteiger partial charge in [0.25, 0.3) is 0 Å². The maximum Gasteiger partial charge on any atom is 0.309 e. The summed E-state index contributed by atoms with van der Waals surface area (Å²) >= 11 is 0. The molecule has 0 fully saturated rings. The van der Waals surface area contributed by atoms with Crippen LogP contribution in [-0.4, -0.2) is 27.7 Å². The normalized spacial score (nSPS) is 10.4. The number of ether oxygens (including phenoxy) is 1. The molecule has 1 aromatic heterocycles. The molecule has 2 N–H and O–H groups in total. The number of carboxylic acid groups (broad SMARTS) is 1. The highest BCUT2D eigenvalue weighted by Gasteiger charge is 2.12. The maximum atomic E-state index is 10.8. The standard InChI is InChI=1S/C14H16N2O3/c1-3-19-12-5-4-10(6-9(12)2)14-11(7-13(17)18)15-8-16-14/h4-6,8H,3,7H2,1-2H3,(H,15,16)(H,17,18). The zero-order chi connectivity index (χ0) is 13.8. The van der Waals surface area contributed by atoms with Gasteiger partial charge in [-0.3, -0.25) is 4.79 Å². The fourth-order valence-corrected chi connectivity index (χ4v) is 1.97. The molecule has 0 amide bonds. The van der Waals surface area contributed by atoms with E-state index >= 15 is 0 Å². The first-order chi connectivity index (χ1) is 9.11. The van der Waals surface area contributed by atoms with Crippen LogP contribution >= 0.6 is 0 Å². The molecule has 0 bridgehead atoms. The van der Waals surface area contributed by atoms with Crippen LogP contribution in [0.1, 0.15) is 18.2 Å². The number of aromatic amines is 1. The van der Waals surface area contributed by atoms with E-state index in [0.717, 1.165) is 16.9 Å². The lowest BCUT2D eigenvalue weighted by atomic mass is 10.1. The van der Waals surface area contributed by atoms with E-state index in [1.54, 1.807) is 0 Å². The SMILES string of the molecule is CCOc1ccc(-c2nc[nH]c2CC(=O)O)cc1C. The molecule has 0 saturated carbocycles. The predicted octanol–water partition coefficient (Wildman–Crippen LogP) is 2.41. The second-order valence-electron chi connectivity index (χ2n) is 4.21. The summed E-state index contributed by atoms with van der Waals surface area (Å²) in [7, 11) is 0. The molecule has 0 aliphatic rings. The molecule has 0 radical (unpaired) electrons. The molecule has 1 aromatic carbocycles. The minimum absolute atomic E-state index is 0.0679. The Hall–Kier alpha value is -2.30. The van der Waals surface area contributed by atoms with Crippen molar-refractivity contribution >= 4 is 5.97 Å². The van der Waals surface area contributed by atoms with Crippen LogP contribution in [0, 0.1) is 6.92 Å². The van der Waals surface area contributed by atoms with E-state index in [-0.39, 0.29) is 6.42 Å². The summed E-state index contributed by atoms with van der Waals surface area (Å²) in [5.74, 6) is -0.0465. The fourth-order valence-electron chi connectivity index (χ4n) is 1.97. The molecule has 0 aliphatic heterocycles. The van der Waals surface area contributed by atoms with Crippen LogP contribution < -0.4 is 4.74 Å². The molecule has 100 valence electrons. The van der Waals surface area contributed by atoms with Crippen LogP contribution in [0.2, 0.25) is 0 Å². The zero-order valence-electron chi connectivity index (χ0n) is 10.9. The van der Waals surface area contributed by atoms with Crippen molar-refractivity contribution in [2.24, 2.45) is 0 Å². The van der Waals surface area contributed by atoms with Crippen LogP contribution in [0.5, 0.6) is 5.75 Å². The Kier molecular flexibility index (Phi) is 3.85. The lowest BCUT2D eigenvalue weighted by Gasteiger charge is -2.08. The maximum absolute atomic E-state index is 10.8. The number of aliphatic carboxylic acids is 1. The first kappa shape index (κ1) is 13.1. The molecular weight excluding hydrogens is 244 g/mol. The lowest BCUT2D eigenvalue weighted by molar-refractivity contribution is -0.136. The van der Waals surface area contributed by atoms with Crippen molar-refractivity contribution in [3.8, 4) is 17.0 Å². The van der Waals surface area contributed by atoms with E-state index in [0.29, 0.717) is 18.0 Å². The number of nitrogens with zero attached hydrogens (tertiary/aromatic N) is 1. The highest BCUT2D eigenvalue weighted by molar-refractivity contribution is 5.74. The minimum Gasteiger partial charge on any atom is -0.494 e. The number of benzene rings is 1. The van der Waals surface area contributed by atoms with Crippen LogP contribution in [0.25, 0.3) is 11.3 Å². The summed E-state index contributed by atoms with van der Waals surface area (Å²) in [5.41, 5.74) is 3.17. The lowest BCUT2D eigenvalue weighted by Crippen LogP contribution is -2.02. The summed E-state index contributed by atoms with van der Waals surface area (Å²) < 4.78 is 5.48. The highest BCUT2D eigenvalue weighted by Crippen LogP contribution is 2.27. The molecule has 0 saturated heterocycles. The Bertz CT molecular complexity index is 590. The van der Waals surface area contributed by atoms with Crippen molar-refractivity contribution in [3.05, 3.63) is 35.8 Å². The van der Waals surface area contributed by atoms with Crippen LogP contribution in [-0.2, 0) is 11.2 Å². The summed E-state index contributed by atoms with van der Waals surface area (Å²) in [4.78, 5) is 17.9. The largest absolute Gasteiger partial charge is 0.494 e. The zero-order valence-corrected chi connectivity index (χ0v) is 10.9. The van der Waals surface area contributed by atoms with Crippen LogP contribution in [0.3, 0.4) is 0 Å². The molecule has 2 rings (SSSR count). The first-order valence-corrected chi connectivity index (χ1v) is 6.09. The van der Waals surface area contributed by atoms with Gasteiger partial charge in [0, 0.05) is 5.56 Å². The summed E-state index contributed by atoms with van der Waals surface area (Å²) in [6.07, 6.45) is 1.45. The number of hydrogen-bond acceptors (Lipinski definition) is 3. The van der Waals surface area contributed by atoms with Crippen molar-refractivity contribution in [2.45, 2.75) is 20.3 Å². The monoisotopic (exact) mass is 260 g/mol. The van der Waals surface area contributed by atoms with Gasteiger partial charge in [0.2, 0.25) is 0 Å². The average molecular weight is 260 g/mol. The molecular formula is C14H16N2O3. The Morgan fingerprint density at radius 3 is 2.89 bits per heavy atom. The fraction of sp³-hybridized carbons (Fsp3) is 0.286. The number of carboxylic acids is 1. The van der Waals surface area contributed by atoms with Crippen molar-refractivity contribution in [1.82, 2.24) is 9.97 Å². The van der Waals surface area contributed by atoms with Gasteiger partial charge in [-0.2, -0.15) is 0 Å². The van der Waals surface area contributed by atoms with Gasteiger partial charge in [-0.05, 0) is 37.6 Å². The highest BCUT2D eigenvalue weighted by atomic mass is 16.5. The third kappa shape index (κ3) is 2.93. The number of rotatable bonds is 5. The molecule has 0 atom stereocenters. The van der Waals surface area contributed by atoms with Gasteiger partial charge in [-0.1, -0.05) is 0 Å². The Labute approximate surface area is 111 Å². The van der Waals surface area contributed by atoms with E-state index in [1.807, 2.05) is 32.0 Å². The quantitative estimate of drug-likeness (QED) is 0.865. The van der Waals surface area contributed by atoms with E-state index in [2.05, 4.69) is 9.97 Å².